The van der Waals surface area contributed by atoms with Crippen molar-refractivity contribution in [1.29, 1.82) is 0 Å². The van der Waals surface area contributed by atoms with Gasteiger partial charge >= 0.3 is 6.09 Å². The normalized spacial score (nSPS) is 10.3. The van der Waals surface area contributed by atoms with Crippen LogP contribution in [-0.2, 0) is 4.74 Å². The lowest BCUT2D eigenvalue weighted by Crippen LogP contribution is -2.27. The molecule has 0 radical (unpaired) electrons. The topological polar surface area (TPSA) is 107 Å². The molecule has 8 nitrogen and oxygen atoms in total. The van der Waals surface area contributed by atoms with Gasteiger partial charge in [-0.15, -0.1) is 12.4 Å². The first kappa shape index (κ1) is 26.2. The zero-order valence-electron chi connectivity index (χ0n) is 19.0. The van der Waals surface area contributed by atoms with Gasteiger partial charge in [-0.1, -0.05) is 48.5 Å². The quantitative estimate of drug-likeness (QED) is 0.389. The van der Waals surface area contributed by atoms with Crippen molar-refractivity contribution in [2.75, 3.05) is 0 Å². The second-order valence-electron chi connectivity index (χ2n) is 8.12. The number of nitrogens with zero attached hydrogens (tertiary/aromatic N) is 3. The number of H-pyrrole nitrogens is 1. The molecule has 2 aromatic heterocycles. The molecule has 0 atom stereocenters. The van der Waals surface area contributed by atoms with Gasteiger partial charge < -0.3 is 4.74 Å². The summed E-state index contributed by atoms with van der Waals surface area (Å²) in [4.78, 5) is 32.8. The Labute approximate surface area is 203 Å². The summed E-state index contributed by atoms with van der Waals surface area (Å²) in [7, 11) is 0. The molecule has 2 heterocycles. The number of aromatic nitrogens is 4. The van der Waals surface area contributed by atoms with Gasteiger partial charge in [0.15, 0.2) is 0 Å². The summed E-state index contributed by atoms with van der Waals surface area (Å²) < 4.78 is 6.39. The summed E-state index contributed by atoms with van der Waals surface area (Å²) in [6, 6.07) is 14.4. The van der Waals surface area contributed by atoms with E-state index >= 15 is 0 Å². The molecule has 0 aliphatic rings. The Morgan fingerprint density at radius 1 is 0.853 bits per heavy atom. The number of rotatable bonds is 4. The van der Waals surface area contributed by atoms with Crippen LogP contribution < -0.4 is 0 Å². The zero-order chi connectivity index (χ0) is 23.8. The average molecular weight is 481 g/mol. The van der Waals surface area contributed by atoms with Crippen LogP contribution in [0.3, 0.4) is 0 Å². The summed E-state index contributed by atoms with van der Waals surface area (Å²) in [5.74, 6) is 0. The third kappa shape index (κ3) is 7.25. The number of hydrogen-bond acceptors (Lipinski definition) is 6. The Morgan fingerprint density at radius 3 is 1.82 bits per heavy atom. The minimum absolute atomic E-state index is 0. The van der Waals surface area contributed by atoms with Gasteiger partial charge in [0, 0.05) is 34.6 Å². The molecule has 0 bridgehead atoms. The molecule has 0 spiro atoms. The second kappa shape index (κ2) is 11.7. The van der Waals surface area contributed by atoms with E-state index in [9.17, 15) is 14.4 Å². The number of aromatic amines is 1. The van der Waals surface area contributed by atoms with E-state index in [0.717, 1.165) is 39.5 Å². The van der Waals surface area contributed by atoms with Gasteiger partial charge in [0.05, 0.1) is 12.4 Å². The Kier molecular flexibility index (Phi) is 9.03. The van der Waals surface area contributed by atoms with Crippen molar-refractivity contribution in [3.8, 4) is 22.3 Å². The van der Waals surface area contributed by atoms with Crippen molar-refractivity contribution >= 4 is 31.1 Å². The van der Waals surface area contributed by atoms with Gasteiger partial charge in [-0.2, -0.15) is 14.9 Å². The van der Waals surface area contributed by atoms with E-state index in [1.165, 1.54) is 0 Å². The number of carbonyl (C=O) groups excluding carboxylic acids is 3. The number of halogens is 1. The molecule has 4 aromatic rings. The standard InChI is InChI=1S/C15H16N2O3.C10H8N2O.ClH/c1-15(2,3)20-14(19)17-9-13(8-16-17)12-6-4-11(10-18)5-7-12;13-7-8-1-3-9(4-2-8)10-5-11-12-6-10;/h4-10H,1-3H3;1-7H,(H,11,12);1H. The lowest BCUT2D eigenvalue weighted by Gasteiger charge is -2.18. The summed E-state index contributed by atoms with van der Waals surface area (Å²) in [6.07, 6.45) is 7.84. The van der Waals surface area contributed by atoms with Crippen molar-refractivity contribution in [1.82, 2.24) is 20.0 Å². The first-order valence-corrected chi connectivity index (χ1v) is 10.2. The number of benzene rings is 2. The first-order valence-electron chi connectivity index (χ1n) is 10.2. The van der Waals surface area contributed by atoms with E-state index in [0.29, 0.717) is 11.1 Å². The highest BCUT2D eigenvalue weighted by molar-refractivity contribution is 5.85. The molecule has 34 heavy (non-hydrogen) atoms. The maximum absolute atomic E-state index is 11.8. The van der Waals surface area contributed by atoms with Crippen molar-refractivity contribution in [2.24, 2.45) is 0 Å². The predicted molar refractivity (Wildman–Crippen MR) is 131 cm³/mol. The molecule has 0 amide bonds. The van der Waals surface area contributed by atoms with Crippen LogP contribution in [0.2, 0.25) is 0 Å². The fraction of sp³-hybridized carbons (Fsp3) is 0.160. The van der Waals surface area contributed by atoms with Crippen LogP contribution in [0.15, 0.2) is 73.3 Å². The Bertz CT molecular complexity index is 1210. The number of aldehydes is 2. The SMILES string of the molecule is CC(C)(C)OC(=O)n1cc(-c2ccc(C=O)cc2)cn1.Cl.O=Cc1ccc(-c2cn[nH]c2)cc1. The van der Waals surface area contributed by atoms with Crippen LogP contribution in [0.5, 0.6) is 0 Å². The minimum atomic E-state index is -0.561. The molecule has 2 aromatic carbocycles. The second-order valence-corrected chi connectivity index (χ2v) is 8.12. The molecule has 1 N–H and O–H groups in total. The van der Waals surface area contributed by atoms with E-state index in [-0.39, 0.29) is 12.4 Å². The van der Waals surface area contributed by atoms with Gasteiger partial charge in [-0.05, 0) is 31.9 Å². The number of hydrogen-bond donors (Lipinski definition) is 1. The highest BCUT2D eigenvalue weighted by atomic mass is 35.5. The molecular weight excluding hydrogens is 456 g/mol. The Balaban J connectivity index is 0.000000253. The Morgan fingerprint density at radius 2 is 1.38 bits per heavy atom. The highest BCUT2D eigenvalue weighted by Crippen LogP contribution is 2.19. The fourth-order valence-corrected chi connectivity index (χ4v) is 2.80. The summed E-state index contributed by atoms with van der Waals surface area (Å²) >= 11 is 0. The van der Waals surface area contributed by atoms with Crippen LogP contribution in [0, 0.1) is 0 Å². The van der Waals surface area contributed by atoms with E-state index in [1.807, 2.05) is 18.3 Å². The maximum atomic E-state index is 11.8. The lowest BCUT2D eigenvalue weighted by atomic mass is 10.1. The summed E-state index contributed by atoms with van der Waals surface area (Å²) in [5, 5.41) is 10.6. The molecule has 176 valence electrons. The van der Waals surface area contributed by atoms with Gasteiger partial charge in [0.1, 0.15) is 18.2 Å². The predicted octanol–water partition coefficient (Wildman–Crippen LogP) is 5.46. The fourth-order valence-electron chi connectivity index (χ4n) is 2.80. The molecule has 9 heteroatoms. The monoisotopic (exact) mass is 480 g/mol. The molecular formula is C25H25ClN4O4. The van der Waals surface area contributed by atoms with Gasteiger partial charge in [0.25, 0.3) is 0 Å². The first-order chi connectivity index (χ1) is 15.8. The number of ether oxygens (including phenoxy) is 1. The molecule has 0 aliphatic heterocycles. The molecule has 0 aliphatic carbocycles. The van der Waals surface area contributed by atoms with Crippen LogP contribution in [0.25, 0.3) is 22.3 Å². The minimum Gasteiger partial charge on any atom is -0.442 e. The van der Waals surface area contributed by atoms with Crippen molar-refractivity contribution in [2.45, 2.75) is 26.4 Å². The van der Waals surface area contributed by atoms with Crippen LogP contribution in [0.4, 0.5) is 4.79 Å². The van der Waals surface area contributed by atoms with Crippen LogP contribution >= 0.6 is 12.4 Å². The maximum Gasteiger partial charge on any atom is 0.435 e. The molecule has 0 fully saturated rings. The van der Waals surface area contributed by atoms with Crippen LogP contribution in [0.1, 0.15) is 41.5 Å². The van der Waals surface area contributed by atoms with E-state index in [4.69, 9.17) is 4.74 Å². The lowest BCUT2D eigenvalue weighted by molar-refractivity contribution is 0.0514. The number of nitrogens with one attached hydrogen (secondary N) is 1. The third-order valence-electron chi connectivity index (χ3n) is 4.42. The van der Waals surface area contributed by atoms with Gasteiger partial charge in [-0.3, -0.25) is 14.7 Å². The smallest absolute Gasteiger partial charge is 0.435 e. The molecule has 0 unspecified atom stereocenters. The van der Waals surface area contributed by atoms with Crippen molar-refractivity contribution in [3.63, 3.8) is 0 Å². The number of carbonyl (C=O) groups is 3. The molecule has 0 saturated carbocycles. The van der Waals surface area contributed by atoms with Gasteiger partial charge in [-0.25, -0.2) is 4.79 Å². The van der Waals surface area contributed by atoms with Crippen molar-refractivity contribution < 1.29 is 19.1 Å². The third-order valence-corrected chi connectivity index (χ3v) is 4.42. The van der Waals surface area contributed by atoms with Gasteiger partial charge in [0.2, 0.25) is 0 Å². The largest absolute Gasteiger partial charge is 0.442 e. The average Bonchev–Trinajstić information content (AvgIpc) is 3.51. The van der Waals surface area contributed by atoms with Crippen molar-refractivity contribution in [3.05, 3.63) is 84.4 Å². The highest BCUT2D eigenvalue weighted by Gasteiger charge is 2.18. The van der Waals surface area contributed by atoms with E-state index < -0.39 is 11.7 Å². The summed E-state index contributed by atoms with van der Waals surface area (Å²) in [6.45, 7) is 5.40. The molecule has 4 rings (SSSR count). The van der Waals surface area contributed by atoms with Crippen LogP contribution in [-0.4, -0.2) is 44.2 Å². The zero-order valence-corrected chi connectivity index (χ0v) is 19.8. The molecule has 0 saturated heterocycles. The van der Waals surface area contributed by atoms with E-state index in [1.54, 1.807) is 75.8 Å². The van der Waals surface area contributed by atoms with E-state index in [2.05, 4.69) is 15.3 Å². The summed E-state index contributed by atoms with van der Waals surface area (Å²) in [5.41, 5.74) is 4.48. The Hall–Kier alpha value is -4.04.